The number of amides is 3. The smallest absolute Gasteiger partial charge is 0.331 e. The third kappa shape index (κ3) is 3.69. The molecular weight excluding hydrogens is 396 g/mol. The molecular formula is C18H28N6O4S. The van der Waals surface area contributed by atoms with Gasteiger partial charge in [-0.05, 0) is 45.1 Å². The van der Waals surface area contributed by atoms with Crippen molar-refractivity contribution < 1.29 is 18.0 Å². The average molecular weight is 425 g/mol. The minimum atomic E-state index is -3.94. The molecule has 4 aliphatic rings. The van der Waals surface area contributed by atoms with Crippen molar-refractivity contribution in [2.45, 2.75) is 62.0 Å². The van der Waals surface area contributed by atoms with E-state index in [4.69, 9.17) is 5.26 Å². The fraction of sp³-hybridized carbons (Fsp3) is 0.833. The van der Waals surface area contributed by atoms with Crippen LogP contribution in [0.2, 0.25) is 0 Å². The molecule has 0 spiro atoms. The van der Waals surface area contributed by atoms with E-state index in [-0.39, 0.29) is 24.0 Å². The number of carbonyl (C=O) groups is 2. The number of hydrogen-bond acceptors (Lipinski definition) is 7. The minimum Gasteiger partial charge on any atom is -0.350 e. The number of carbonyl (C=O) groups excluding carboxylic acids is 2. The Labute approximate surface area is 170 Å². The van der Waals surface area contributed by atoms with Crippen molar-refractivity contribution in [1.29, 1.82) is 5.26 Å². The van der Waals surface area contributed by atoms with Crippen molar-refractivity contribution in [2.24, 2.45) is 11.8 Å². The predicted molar refractivity (Wildman–Crippen MR) is 104 cm³/mol. The molecule has 4 rings (SSSR count). The van der Waals surface area contributed by atoms with Crippen LogP contribution in [0.3, 0.4) is 0 Å². The Morgan fingerprint density at radius 3 is 2.86 bits per heavy atom. The largest absolute Gasteiger partial charge is 0.350 e. The van der Waals surface area contributed by atoms with E-state index in [1.165, 1.54) is 0 Å². The van der Waals surface area contributed by atoms with E-state index in [0.29, 0.717) is 29.7 Å². The number of hydrogen-bond donors (Lipinski definition) is 4. The Hall–Kier alpha value is -1.90. The molecule has 29 heavy (non-hydrogen) atoms. The SMILES string of the molecule is CC1NCCC2NC(=O)N(CC(=O)N[C@@H]3CCC4CC(C#N)CNC43)S(=O)(=O)C12. The van der Waals surface area contributed by atoms with E-state index in [2.05, 4.69) is 27.3 Å². The second kappa shape index (κ2) is 7.74. The van der Waals surface area contributed by atoms with Gasteiger partial charge in [0.05, 0.1) is 18.0 Å². The quantitative estimate of drug-likeness (QED) is 0.448. The van der Waals surface area contributed by atoms with Gasteiger partial charge < -0.3 is 21.3 Å². The molecule has 3 amide bonds. The summed E-state index contributed by atoms with van der Waals surface area (Å²) in [6.45, 7) is 2.51. The van der Waals surface area contributed by atoms with Gasteiger partial charge in [0, 0.05) is 24.7 Å². The maximum Gasteiger partial charge on any atom is 0.331 e. The van der Waals surface area contributed by atoms with Crippen LogP contribution in [0.5, 0.6) is 0 Å². The lowest BCUT2D eigenvalue weighted by Crippen LogP contribution is -2.70. The van der Waals surface area contributed by atoms with E-state index in [1.807, 2.05) is 0 Å². The summed E-state index contributed by atoms with van der Waals surface area (Å²) in [4.78, 5) is 25.1. The lowest BCUT2D eigenvalue weighted by Gasteiger charge is -2.43. The first kappa shape index (κ1) is 20.4. The first-order valence-electron chi connectivity index (χ1n) is 10.3. The summed E-state index contributed by atoms with van der Waals surface area (Å²) in [5.41, 5.74) is 0. The highest BCUT2D eigenvalue weighted by Crippen LogP contribution is 2.34. The Morgan fingerprint density at radius 1 is 1.31 bits per heavy atom. The summed E-state index contributed by atoms with van der Waals surface area (Å²) in [5.74, 6) is -0.156. The summed E-state index contributed by atoms with van der Waals surface area (Å²) < 4.78 is 26.8. The lowest BCUT2D eigenvalue weighted by atomic mass is 9.86. The monoisotopic (exact) mass is 424 g/mol. The maximum atomic E-state index is 13.0. The van der Waals surface area contributed by atoms with Gasteiger partial charge in [0.1, 0.15) is 11.8 Å². The first-order chi connectivity index (χ1) is 13.8. The van der Waals surface area contributed by atoms with Crippen molar-refractivity contribution in [3.05, 3.63) is 0 Å². The topological polar surface area (TPSA) is 143 Å². The number of sulfonamides is 1. The van der Waals surface area contributed by atoms with Crippen molar-refractivity contribution in [2.75, 3.05) is 19.6 Å². The van der Waals surface area contributed by atoms with Gasteiger partial charge in [-0.3, -0.25) is 4.79 Å². The average Bonchev–Trinajstić information content (AvgIpc) is 3.06. The van der Waals surface area contributed by atoms with Crippen LogP contribution < -0.4 is 21.3 Å². The first-order valence-corrected chi connectivity index (χ1v) is 11.8. The minimum absolute atomic E-state index is 0.00747. The highest BCUT2D eigenvalue weighted by atomic mass is 32.2. The molecule has 11 heteroatoms. The van der Waals surface area contributed by atoms with Crippen LogP contribution in [-0.4, -0.2) is 73.7 Å². The summed E-state index contributed by atoms with van der Waals surface area (Å²) in [6.07, 6.45) is 3.05. The summed E-state index contributed by atoms with van der Waals surface area (Å²) >= 11 is 0. The number of nitrogens with one attached hydrogen (secondary N) is 4. The molecule has 160 valence electrons. The predicted octanol–water partition coefficient (Wildman–Crippen LogP) is -1.14. The van der Waals surface area contributed by atoms with E-state index >= 15 is 0 Å². The van der Waals surface area contributed by atoms with Gasteiger partial charge in [0.15, 0.2) is 0 Å². The van der Waals surface area contributed by atoms with Gasteiger partial charge in [-0.1, -0.05) is 0 Å². The summed E-state index contributed by atoms with van der Waals surface area (Å²) in [7, 11) is -3.94. The number of urea groups is 1. The second-order valence-corrected chi connectivity index (χ2v) is 10.6. The number of nitrogens with zero attached hydrogens (tertiary/aromatic N) is 2. The van der Waals surface area contributed by atoms with Crippen LogP contribution in [0.1, 0.15) is 32.6 Å². The van der Waals surface area contributed by atoms with E-state index in [0.717, 1.165) is 19.3 Å². The van der Waals surface area contributed by atoms with Crippen molar-refractivity contribution >= 4 is 22.0 Å². The molecule has 4 fully saturated rings. The van der Waals surface area contributed by atoms with Gasteiger partial charge >= 0.3 is 6.03 Å². The third-order valence-corrected chi connectivity index (χ3v) is 9.12. The number of nitriles is 1. The van der Waals surface area contributed by atoms with Crippen molar-refractivity contribution in [3.8, 4) is 6.07 Å². The van der Waals surface area contributed by atoms with E-state index in [1.54, 1.807) is 6.92 Å². The molecule has 3 saturated heterocycles. The molecule has 0 aromatic carbocycles. The molecule has 0 bridgehead atoms. The molecule has 3 heterocycles. The molecule has 1 saturated carbocycles. The van der Waals surface area contributed by atoms with Crippen LogP contribution in [0.25, 0.3) is 0 Å². The zero-order chi connectivity index (χ0) is 20.8. The van der Waals surface area contributed by atoms with Crippen LogP contribution in [-0.2, 0) is 14.8 Å². The fourth-order valence-electron chi connectivity index (χ4n) is 5.40. The molecule has 4 N–H and O–H groups in total. The van der Waals surface area contributed by atoms with Crippen molar-refractivity contribution in [1.82, 2.24) is 25.6 Å². The molecule has 7 atom stereocenters. The highest BCUT2D eigenvalue weighted by molar-refractivity contribution is 7.90. The Morgan fingerprint density at radius 2 is 2.10 bits per heavy atom. The summed E-state index contributed by atoms with van der Waals surface area (Å²) in [6, 6.07) is 0.792. The fourth-order valence-corrected chi connectivity index (χ4v) is 7.50. The maximum absolute atomic E-state index is 13.0. The highest BCUT2D eigenvalue weighted by Gasteiger charge is 2.50. The van der Waals surface area contributed by atoms with Gasteiger partial charge in [-0.15, -0.1) is 0 Å². The zero-order valence-electron chi connectivity index (χ0n) is 16.4. The normalized spacial score (nSPS) is 40.9. The van der Waals surface area contributed by atoms with Crippen molar-refractivity contribution in [3.63, 3.8) is 0 Å². The molecule has 10 nitrogen and oxygen atoms in total. The van der Waals surface area contributed by atoms with Gasteiger partial charge in [-0.2, -0.15) is 5.26 Å². The van der Waals surface area contributed by atoms with Crippen LogP contribution in [0.4, 0.5) is 4.79 Å². The lowest BCUT2D eigenvalue weighted by molar-refractivity contribution is -0.121. The Balaban J connectivity index is 1.41. The number of rotatable bonds is 3. The third-order valence-electron chi connectivity index (χ3n) is 6.79. The van der Waals surface area contributed by atoms with Gasteiger partial charge in [0.25, 0.3) is 0 Å². The molecule has 0 radical (unpaired) electrons. The zero-order valence-corrected chi connectivity index (χ0v) is 17.2. The summed E-state index contributed by atoms with van der Waals surface area (Å²) in [5, 5.41) is 20.5. The standard InChI is InChI=1S/C18H28N6O4S/c1-10-17-14(4-5-20-10)23-18(26)24(29(17,27)28)9-15(25)22-13-3-2-12-6-11(7-19)8-21-16(12)13/h10-14,16-17,20-21H,2-6,8-9H2,1H3,(H,22,25)(H,23,26)/t10?,11?,12?,13-,14?,16?,17?/m1/s1. The number of piperidine rings is 2. The Kier molecular flexibility index (Phi) is 5.44. The van der Waals surface area contributed by atoms with Crippen LogP contribution >= 0.6 is 0 Å². The Bertz CT molecular complexity index is 827. The molecule has 0 aromatic heterocycles. The molecule has 1 aliphatic carbocycles. The van der Waals surface area contributed by atoms with Crippen LogP contribution in [0, 0.1) is 23.2 Å². The van der Waals surface area contributed by atoms with Crippen LogP contribution in [0.15, 0.2) is 0 Å². The van der Waals surface area contributed by atoms with E-state index in [9.17, 15) is 18.0 Å². The molecule has 3 aliphatic heterocycles. The molecule has 6 unspecified atom stereocenters. The number of fused-ring (bicyclic) bond motifs is 2. The van der Waals surface area contributed by atoms with E-state index < -0.39 is 39.8 Å². The van der Waals surface area contributed by atoms with Gasteiger partial charge in [-0.25, -0.2) is 17.5 Å². The second-order valence-electron chi connectivity index (χ2n) is 8.61. The van der Waals surface area contributed by atoms with Gasteiger partial charge in [0.2, 0.25) is 15.9 Å². The molecule has 0 aromatic rings.